The third-order valence-electron chi connectivity index (χ3n) is 10.3. The van der Waals surface area contributed by atoms with E-state index in [1.807, 2.05) is 0 Å². The lowest BCUT2D eigenvalue weighted by Crippen LogP contribution is -2.32. The van der Waals surface area contributed by atoms with E-state index in [2.05, 4.69) is 132 Å². The Bertz CT molecular complexity index is 2150. The molecule has 0 N–H and O–H groups in total. The van der Waals surface area contributed by atoms with Crippen molar-refractivity contribution in [1.82, 2.24) is 9.13 Å². The molecule has 4 aromatic carbocycles. The summed E-state index contributed by atoms with van der Waals surface area (Å²) in [6.45, 7) is 6.69. The van der Waals surface area contributed by atoms with Gasteiger partial charge in [0.15, 0.2) is 0 Å². The highest BCUT2D eigenvalue weighted by Crippen LogP contribution is 2.40. The second kappa shape index (κ2) is 12.3. The van der Waals surface area contributed by atoms with Crippen molar-refractivity contribution in [3.8, 4) is 0 Å². The number of unbranched alkanes of at least 4 members (excludes halogenated alkanes) is 6. The highest BCUT2D eigenvalue weighted by Gasteiger charge is 2.35. The molecule has 0 saturated heterocycles. The molecule has 0 amide bonds. The van der Waals surface area contributed by atoms with Crippen molar-refractivity contribution in [2.75, 3.05) is 0 Å². The molecule has 2 heteroatoms. The van der Waals surface area contributed by atoms with Gasteiger partial charge < -0.3 is 9.13 Å². The zero-order valence-electron chi connectivity index (χ0n) is 27.4. The van der Waals surface area contributed by atoms with E-state index >= 15 is 0 Å². The second-order valence-corrected chi connectivity index (χ2v) is 13.1. The first-order valence-corrected chi connectivity index (χ1v) is 17.7. The van der Waals surface area contributed by atoms with E-state index in [0.29, 0.717) is 0 Å². The molecule has 8 rings (SSSR count). The highest BCUT2D eigenvalue weighted by molar-refractivity contribution is 6.32. The van der Waals surface area contributed by atoms with Crippen LogP contribution in [0.3, 0.4) is 0 Å². The summed E-state index contributed by atoms with van der Waals surface area (Å²) in [5, 5.41) is 8.43. The minimum absolute atomic E-state index is 1.04. The Morgan fingerprint density at radius 1 is 0.391 bits per heavy atom. The van der Waals surface area contributed by atoms with Crippen molar-refractivity contribution in [3.05, 3.63) is 141 Å². The molecule has 2 heterocycles. The first kappa shape index (κ1) is 28.9. The van der Waals surface area contributed by atoms with Crippen LogP contribution in [0.4, 0.5) is 0 Å². The third kappa shape index (κ3) is 4.53. The van der Waals surface area contributed by atoms with Gasteiger partial charge in [0, 0.05) is 67.6 Å². The van der Waals surface area contributed by atoms with Crippen LogP contribution in [-0.4, -0.2) is 9.13 Å². The van der Waals surface area contributed by atoms with E-state index in [1.54, 1.807) is 0 Å². The molecule has 0 radical (unpaired) electrons. The van der Waals surface area contributed by atoms with Crippen molar-refractivity contribution >= 4 is 44.1 Å². The normalized spacial score (nSPS) is 13.7. The lowest BCUT2D eigenvalue weighted by atomic mass is 9.91. The summed E-state index contributed by atoms with van der Waals surface area (Å²) in [5.74, 6) is 0. The molecule has 2 aliphatic carbocycles. The Hall–Kier alpha value is -4.56. The number of hydrogen-bond donors (Lipinski definition) is 0. The molecule has 6 aromatic rings. The number of aryl methyl sites for hydroxylation is 2. The highest BCUT2D eigenvalue weighted by atomic mass is 15.0. The van der Waals surface area contributed by atoms with Gasteiger partial charge in [0.25, 0.3) is 0 Å². The summed E-state index contributed by atoms with van der Waals surface area (Å²) in [5.41, 5.74) is 11.0. The quantitative estimate of drug-likeness (QED) is 0.125. The third-order valence-corrected chi connectivity index (χ3v) is 10.3. The molecule has 0 unspecified atom stereocenters. The van der Waals surface area contributed by atoms with Crippen LogP contribution < -0.4 is 21.1 Å². The number of benzene rings is 4. The van der Waals surface area contributed by atoms with Gasteiger partial charge in [0.05, 0.1) is 10.7 Å². The van der Waals surface area contributed by atoms with E-state index in [1.165, 1.54) is 128 Å². The zero-order chi connectivity index (χ0) is 31.0. The summed E-state index contributed by atoms with van der Waals surface area (Å²) in [6.07, 6.45) is 10.0. The molecule has 0 saturated carbocycles. The molecule has 2 aromatic heterocycles. The van der Waals surface area contributed by atoms with E-state index in [9.17, 15) is 0 Å². The van der Waals surface area contributed by atoms with Crippen molar-refractivity contribution in [2.45, 2.75) is 78.3 Å². The van der Waals surface area contributed by atoms with Gasteiger partial charge in [-0.15, -0.1) is 0 Å². The van der Waals surface area contributed by atoms with E-state index < -0.39 is 0 Å². The minimum Gasteiger partial charge on any atom is -0.340 e. The SMILES string of the molecule is CCCCCCn1c2c(c3ccccc31)=C(c1ccccc1)C1=c3c(c4ccccc4n3CCCCCC)=C(c3ccccc3)C=21. The predicted molar refractivity (Wildman–Crippen MR) is 195 cm³/mol. The monoisotopic (exact) mass is 600 g/mol. The lowest BCUT2D eigenvalue weighted by Gasteiger charge is -2.15. The number of rotatable bonds is 12. The molecule has 0 bridgehead atoms. The molecular formula is C44H44N2. The molecular weight excluding hydrogens is 556 g/mol. The molecule has 0 aliphatic heterocycles. The fourth-order valence-corrected chi connectivity index (χ4v) is 8.25. The Labute approximate surface area is 272 Å². The summed E-state index contributed by atoms with van der Waals surface area (Å²) < 4.78 is 5.38. The maximum absolute atomic E-state index is 2.69. The van der Waals surface area contributed by atoms with Crippen LogP contribution in [0.15, 0.2) is 109 Å². The number of para-hydroxylation sites is 2. The van der Waals surface area contributed by atoms with Crippen LogP contribution in [0.5, 0.6) is 0 Å². The van der Waals surface area contributed by atoms with Crippen LogP contribution in [0.1, 0.15) is 76.3 Å². The fourth-order valence-electron chi connectivity index (χ4n) is 8.25. The Morgan fingerprint density at radius 2 is 0.783 bits per heavy atom. The number of aromatic nitrogens is 2. The minimum atomic E-state index is 1.04. The smallest absolute Gasteiger partial charge is 0.0585 e. The van der Waals surface area contributed by atoms with Gasteiger partial charge in [-0.1, -0.05) is 149 Å². The molecule has 0 fully saturated rings. The molecule has 2 aliphatic rings. The second-order valence-electron chi connectivity index (χ2n) is 13.1. The average molecular weight is 601 g/mol. The summed E-state index contributed by atoms with van der Waals surface area (Å²) in [4.78, 5) is 0. The fraction of sp³-hybridized carbons (Fsp3) is 0.273. The predicted octanol–water partition coefficient (Wildman–Crippen LogP) is 8.18. The summed E-state index contributed by atoms with van der Waals surface area (Å²) >= 11 is 0. The first-order chi connectivity index (χ1) is 22.8. The van der Waals surface area contributed by atoms with Crippen LogP contribution in [0, 0.1) is 0 Å². The topological polar surface area (TPSA) is 9.86 Å². The van der Waals surface area contributed by atoms with Gasteiger partial charge in [-0.3, -0.25) is 0 Å². The molecule has 0 atom stereocenters. The summed E-state index contributed by atoms with van der Waals surface area (Å²) in [7, 11) is 0. The van der Waals surface area contributed by atoms with Gasteiger partial charge in [-0.05, 0) is 36.1 Å². The van der Waals surface area contributed by atoms with Crippen molar-refractivity contribution in [2.24, 2.45) is 0 Å². The largest absolute Gasteiger partial charge is 0.340 e. The Balaban J connectivity index is 1.57. The van der Waals surface area contributed by atoms with Gasteiger partial charge in [0.2, 0.25) is 0 Å². The standard InChI is InChI=1S/C44H44N2/c1-3-5-7-19-29-45-35-27-17-15-25-33(35)39-37(31-21-11-9-12-22-31)42-41(43(39)45)38(32-23-13-10-14-24-32)40-34-26-16-18-28-36(34)46(44(40)42)30-20-8-6-4-2/h9-18,21-28H,3-8,19-20,29-30H2,1-2H3. The summed E-state index contributed by atoms with van der Waals surface area (Å²) in [6, 6.07) is 40.8. The zero-order valence-corrected chi connectivity index (χ0v) is 27.4. The molecule has 46 heavy (non-hydrogen) atoms. The lowest BCUT2D eigenvalue weighted by molar-refractivity contribution is 0.585. The van der Waals surface area contributed by atoms with Gasteiger partial charge in [0.1, 0.15) is 0 Å². The van der Waals surface area contributed by atoms with Crippen LogP contribution in [0.2, 0.25) is 0 Å². The number of nitrogens with zero attached hydrogens (tertiary/aromatic N) is 2. The number of hydrogen-bond acceptors (Lipinski definition) is 0. The van der Waals surface area contributed by atoms with Crippen molar-refractivity contribution in [3.63, 3.8) is 0 Å². The average Bonchev–Trinajstić information content (AvgIpc) is 3.81. The van der Waals surface area contributed by atoms with E-state index in [4.69, 9.17) is 0 Å². The molecule has 0 spiro atoms. The van der Waals surface area contributed by atoms with Gasteiger partial charge in [-0.2, -0.15) is 0 Å². The van der Waals surface area contributed by atoms with Crippen molar-refractivity contribution < 1.29 is 0 Å². The van der Waals surface area contributed by atoms with Crippen LogP contribution in [-0.2, 0) is 13.1 Å². The first-order valence-electron chi connectivity index (χ1n) is 17.7. The van der Waals surface area contributed by atoms with E-state index in [-0.39, 0.29) is 0 Å². The molecule has 2 nitrogen and oxygen atoms in total. The van der Waals surface area contributed by atoms with Gasteiger partial charge in [-0.25, -0.2) is 0 Å². The van der Waals surface area contributed by atoms with Crippen LogP contribution in [0.25, 0.3) is 44.1 Å². The molecule has 230 valence electrons. The Morgan fingerprint density at radius 3 is 1.20 bits per heavy atom. The number of fused-ring (bicyclic) bond motifs is 7. The van der Waals surface area contributed by atoms with E-state index in [0.717, 1.165) is 13.1 Å². The van der Waals surface area contributed by atoms with Crippen molar-refractivity contribution in [1.29, 1.82) is 0 Å². The van der Waals surface area contributed by atoms with Gasteiger partial charge >= 0.3 is 0 Å². The maximum atomic E-state index is 2.69. The Kier molecular flexibility index (Phi) is 7.74. The van der Waals surface area contributed by atoms with Crippen LogP contribution >= 0.6 is 0 Å². The maximum Gasteiger partial charge on any atom is 0.0585 e.